The van der Waals surface area contributed by atoms with Crippen molar-refractivity contribution in [3.63, 3.8) is 0 Å². The summed E-state index contributed by atoms with van der Waals surface area (Å²) in [7, 11) is 0. The molecule has 0 atom stereocenters. The number of carbonyl (C=O) groups is 1. The molecule has 0 aliphatic heterocycles. The molecule has 1 saturated carbocycles. The van der Waals surface area contributed by atoms with E-state index >= 15 is 0 Å². The second-order valence-corrected chi connectivity index (χ2v) is 9.60. The quantitative estimate of drug-likeness (QED) is 0.616. The van der Waals surface area contributed by atoms with E-state index < -0.39 is 0 Å². The maximum absolute atomic E-state index is 12.1. The van der Waals surface area contributed by atoms with Crippen molar-refractivity contribution in [3.8, 4) is 0 Å². The van der Waals surface area contributed by atoms with Crippen LogP contribution in [-0.2, 0) is 11.2 Å². The molecule has 2 N–H and O–H groups in total. The molecule has 1 fully saturated rings. The first-order valence-electron chi connectivity index (χ1n) is 9.75. The number of hydrogen-bond acceptors (Lipinski definition) is 3. The zero-order chi connectivity index (χ0) is 19.3. The lowest BCUT2D eigenvalue weighted by molar-refractivity contribution is -0.120. The molecule has 146 valence electrons. The molecule has 0 saturated heterocycles. The van der Waals surface area contributed by atoms with E-state index in [1.165, 1.54) is 25.7 Å². The highest BCUT2D eigenvalue weighted by atomic mass is 35.5. The summed E-state index contributed by atoms with van der Waals surface area (Å²) < 4.78 is 0. The summed E-state index contributed by atoms with van der Waals surface area (Å²) in [4.78, 5) is 13.2. The Hall–Kier alpha value is -1.52. The van der Waals surface area contributed by atoms with Gasteiger partial charge in [-0.2, -0.15) is 0 Å². The molecule has 3 rings (SSSR count). The van der Waals surface area contributed by atoms with Crippen molar-refractivity contribution in [1.82, 2.24) is 5.32 Å². The number of anilines is 1. The molecule has 5 heteroatoms. The highest BCUT2D eigenvalue weighted by molar-refractivity contribution is 7.10. The first kappa shape index (κ1) is 20.2. The van der Waals surface area contributed by atoms with E-state index in [2.05, 4.69) is 24.5 Å². The second-order valence-electron chi connectivity index (χ2n) is 8.13. The van der Waals surface area contributed by atoms with Crippen LogP contribution in [0.4, 0.5) is 5.69 Å². The smallest absolute Gasteiger partial charge is 0.225 e. The van der Waals surface area contributed by atoms with Crippen LogP contribution in [0.3, 0.4) is 0 Å². The van der Waals surface area contributed by atoms with E-state index in [0.29, 0.717) is 18.3 Å². The standard InChI is InChI=1S/C22H29ClN2OS/c1-22(2,25-19-11-9-18(23)10-12-19)17-7-5-16(6-8-17)15-24-21(26)14-20-4-3-13-27-20/h3-4,9-13,16-17,25H,5-8,14-15H2,1-2H3,(H,24,26). The predicted molar refractivity (Wildman–Crippen MR) is 116 cm³/mol. The third kappa shape index (κ3) is 5.98. The van der Waals surface area contributed by atoms with Gasteiger partial charge in [0.05, 0.1) is 6.42 Å². The minimum absolute atomic E-state index is 0.0429. The number of halogens is 1. The monoisotopic (exact) mass is 404 g/mol. The molecule has 1 aliphatic rings. The van der Waals surface area contributed by atoms with Crippen LogP contribution < -0.4 is 10.6 Å². The van der Waals surface area contributed by atoms with Crippen molar-refractivity contribution in [2.75, 3.05) is 11.9 Å². The summed E-state index contributed by atoms with van der Waals surface area (Å²) in [6.45, 7) is 5.38. The summed E-state index contributed by atoms with van der Waals surface area (Å²) in [6.07, 6.45) is 5.24. The van der Waals surface area contributed by atoms with Crippen LogP contribution >= 0.6 is 22.9 Å². The van der Waals surface area contributed by atoms with Crippen LogP contribution in [0.15, 0.2) is 41.8 Å². The summed E-state index contributed by atoms with van der Waals surface area (Å²) in [6, 6.07) is 11.9. The lowest BCUT2D eigenvalue weighted by Gasteiger charge is -2.40. The van der Waals surface area contributed by atoms with Gasteiger partial charge < -0.3 is 10.6 Å². The highest BCUT2D eigenvalue weighted by Crippen LogP contribution is 2.37. The van der Waals surface area contributed by atoms with Crippen molar-refractivity contribution in [1.29, 1.82) is 0 Å². The molecule has 3 nitrogen and oxygen atoms in total. The van der Waals surface area contributed by atoms with E-state index in [-0.39, 0.29) is 11.4 Å². The van der Waals surface area contributed by atoms with Crippen molar-refractivity contribution < 1.29 is 4.79 Å². The Morgan fingerprint density at radius 2 is 1.85 bits per heavy atom. The van der Waals surface area contributed by atoms with E-state index in [9.17, 15) is 4.79 Å². The molecule has 0 spiro atoms. The van der Waals surface area contributed by atoms with Crippen LogP contribution in [-0.4, -0.2) is 18.0 Å². The van der Waals surface area contributed by atoms with E-state index in [0.717, 1.165) is 22.1 Å². The number of carbonyl (C=O) groups excluding carboxylic acids is 1. The Morgan fingerprint density at radius 3 is 2.48 bits per heavy atom. The third-order valence-corrected chi connectivity index (χ3v) is 6.81. The topological polar surface area (TPSA) is 41.1 Å². The average Bonchev–Trinajstić information content (AvgIpc) is 3.15. The fraction of sp³-hybridized carbons (Fsp3) is 0.500. The number of benzene rings is 1. The molecule has 27 heavy (non-hydrogen) atoms. The van der Waals surface area contributed by atoms with Gasteiger partial charge in [-0.25, -0.2) is 0 Å². The lowest BCUT2D eigenvalue weighted by Crippen LogP contribution is -2.42. The fourth-order valence-electron chi connectivity index (χ4n) is 3.99. The molecule has 1 aromatic carbocycles. The maximum Gasteiger partial charge on any atom is 0.225 e. The van der Waals surface area contributed by atoms with Gasteiger partial charge in [-0.1, -0.05) is 17.7 Å². The minimum Gasteiger partial charge on any atom is -0.380 e. The van der Waals surface area contributed by atoms with Crippen LogP contribution in [0.5, 0.6) is 0 Å². The predicted octanol–water partition coefficient (Wildman–Crippen LogP) is 5.76. The lowest BCUT2D eigenvalue weighted by atomic mass is 9.73. The van der Waals surface area contributed by atoms with Crippen LogP contribution in [0.2, 0.25) is 5.02 Å². The number of thiophene rings is 1. The Kier molecular flexibility index (Phi) is 6.83. The molecular weight excluding hydrogens is 376 g/mol. The first-order valence-corrected chi connectivity index (χ1v) is 11.0. The average molecular weight is 405 g/mol. The number of amides is 1. The van der Waals surface area contributed by atoms with Gasteiger partial charge in [0, 0.05) is 27.7 Å². The molecule has 2 aromatic rings. The Bertz CT molecular complexity index is 719. The van der Waals surface area contributed by atoms with Crippen LogP contribution in [0.25, 0.3) is 0 Å². The second kappa shape index (κ2) is 9.11. The fourth-order valence-corrected chi connectivity index (χ4v) is 4.82. The molecule has 1 aliphatic carbocycles. The van der Waals surface area contributed by atoms with E-state index in [1.54, 1.807) is 11.3 Å². The molecular formula is C22H29ClN2OS. The van der Waals surface area contributed by atoms with Gasteiger partial charge in [0.1, 0.15) is 0 Å². The van der Waals surface area contributed by atoms with E-state index in [4.69, 9.17) is 11.6 Å². The van der Waals surface area contributed by atoms with Crippen molar-refractivity contribution >= 4 is 34.5 Å². The summed E-state index contributed by atoms with van der Waals surface area (Å²) in [5.41, 5.74) is 1.16. The summed E-state index contributed by atoms with van der Waals surface area (Å²) >= 11 is 7.62. The molecule has 1 amide bonds. The number of nitrogens with one attached hydrogen (secondary N) is 2. The zero-order valence-electron chi connectivity index (χ0n) is 16.1. The van der Waals surface area contributed by atoms with Gasteiger partial charge in [0.25, 0.3) is 0 Å². The van der Waals surface area contributed by atoms with Gasteiger partial charge in [-0.3, -0.25) is 4.79 Å². The van der Waals surface area contributed by atoms with Crippen LogP contribution in [0.1, 0.15) is 44.4 Å². The normalized spacial score (nSPS) is 20.3. The minimum atomic E-state index is 0.0429. The number of hydrogen-bond donors (Lipinski definition) is 2. The Balaban J connectivity index is 1.42. The molecule has 0 bridgehead atoms. The Morgan fingerprint density at radius 1 is 1.15 bits per heavy atom. The van der Waals surface area contributed by atoms with Crippen molar-refractivity contribution in [2.24, 2.45) is 11.8 Å². The number of rotatable bonds is 7. The molecule has 1 heterocycles. The van der Waals surface area contributed by atoms with Crippen molar-refractivity contribution in [3.05, 3.63) is 51.7 Å². The van der Waals surface area contributed by atoms with Gasteiger partial charge in [-0.05, 0) is 87.1 Å². The van der Waals surface area contributed by atoms with Gasteiger partial charge in [0.15, 0.2) is 0 Å². The maximum atomic E-state index is 12.1. The SMILES string of the molecule is CC(C)(Nc1ccc(Cl)cc1)C1CCC(CNC(=O)Cc2cccs2)CC1. The third-order valence-electron chi connectivity index (χ3n) is 5.68. The summed E-state index contributed by atoms with van der Waals surface area (Å²) in [5.74, 6) is 1.37. The molecule has 0 unspecified atom stereocenters. The Labute approximate surface area is 171 Å². The highest BCUT2D eigenvalue weighted by Gasteiger charge is 2.33. The van der Waals surface area contributed by atoms with Crippen molar-refractivity contribution in [2.45, 2.75) is 51.5 Å². The zero-order valence-corrected chi connectivity index (χ0v) is 17.7. The van der Waals surface area contributed by atoms with Gasteiger partial charge >= 0.3 is 0 Å². The van der Waals surface area contributed by atoms with Gasteiger partial charge in [-0.15, -0.1) is 11.3 Å². The van der Waals surface area contributed by atoms with Crippen LogP contribution in [0, 0.1) is 11.8 Å². The first-order chi connectivity index (χ1) is 12.9. The van der Waals surface area contributed by atoms with E-state index in [1.807, 2.05) is 41.8 Å². The molecule has 1 aromatic heterocycles. The van der Waals surface area contributed by atoms with Gasteiger partial charge in [0.2, 0.25) is 5.91 Å². The molecule has 0 radical (unpaired) electrons. The summed E-state index contributed by atoms with van der Waals surface area (Å²) in [5, 5.41) is 9.59. The largest absolute Gasteiger partial charge is 0.380 e.